The van der Waals surface area contributed by atoms with Crippen LogP contribution in [0.1, 0.15) is 19.8 Å². The van der Waals surface area contributed by atoms with Crippen LogP contribution < -0.4 is 10.6 Å². The second-order valence-corrected chi connectivity index (χ2v) is 3.73. The molecule has 0 spiro atoms. The molecule has 1 aliphatic carbocycles. The first-order valence-corrected chi connectivity index (χ1v) is 5.48. The maximum absolute atomic E-state index is 11.3. The molecule has 0 bridgehead atoms. The molecule has 15 heavy (non-hydrogen) atoms. The highest BCUT2D eigenvalue weighted by Crippen LogP contribution is 2.22. The van der Waals surface area contributed by atoms with Gasteiger partial charge in [0.25, 0.3) is 0 Å². The summed E-state index contributed by atoms with van der Waals surface area (Å²) < 4.78 is 5.41. The molecule has 4 heteroatoms. The normalized spacial score (nSPS) is 24.3. The predicted molar refractivity (Wildman–Crippen MR) is 59.6 cm³/mol. The zero-order valence-electron chi connectivity index (χ0n) is 9.29. The van der Waals surface area contributed by atoms with Gasteiger partial charge < -0.3 is 15.4 Å². The molecule has 0 unspecified atom stereocenters. The summed E-state index contributed by atoms with van der Waals surface area (Å²) in [6, 6.07) is 0.305. The zero-order valence-corrected chi connectivity index (χ0v) is 9.29. The van der Waals surface area contributed by atoms with Gasteiger partial charge in [-0.15, -0.1) is 6.58 Å². The molecule has 1 aliphatic rings. The van der Waals surface area contributed by atoms with Crippen LogP contribution in [0.2, 0.25) is 0 Å². The third kappa shape index (κ3) is 4.44. The van der Waals surface area contributed by atoms with Crippen molar-refractivity contribution in [1.82, 2.24) is 10.6 Å². The fourth-order valence-electron chi connectivity index (χ4n) is 1.62. The van der Waals surface area contributed by atoms with Crippen molar-refractivity contribution in [2.45, 2.75) is 31.9 Å². The van der Waals surface area contributed by atoms with Gasteiger partial charge >= 0.3 is 0 Å². The van der Waals surface area contributed by atoms with Gasteiger partial charge in [-0.25, -0.2) is 0 Å². The highest BCUT2D eigenvalue weighted by Gasteiger charge is 2.30. The van der Waals surface area contributed by atoms with E-state index in [1.54, 1.807) is 6.08 Å². The molecule has 1 saturated carbocycles. The Balaban J connectivity index is 2.00. The van der Waals surface area contributed by atoms with Crippen molar-refractivity contribution < 1.29 is 9.53 Å². The molecule has 0 aromatic heterocycles. The first-order chi connectivity index (χ1) is 7.26. The van der Waals surface area contributed by atoms with Crippen LogP contribution in [0.3, 0.4) is 0 Å². The number of amides is 1. The van der Waals surface area contributed by atoms with Crippen LogP contribution in [0.15, 0.2) is 12.7 Å². The fraction of sp³-hybridized carbons (Fsp3) is 0.727. The van der Waals surface area contributed by atoms with E-state index in [2.05, 4.69) is 17.2 Å². The van der Waals surface area contributed by atoms with E-state index in [1.165, 1.54) is 0 Å². The smallest absolute Gasteiger partial charge is 0.234 e. The summed E-state index contributed by atoms with van der Waals surface area (Å²) >= 11 is 0. The molecule has 1 fully saturated rings. The maximum atomic E-state index is 11.3. The average Bonchev–Trinajstić information content (AvgIpc) is 2.15. The third-order valence-corrected chi connectivity index (χ3v) is 2.44. The topological polar surface area (TPSA) is 50.4 Å². The Kier molecular flexibility index (Phi) is 5.36. The van der Waals surface area contributed by atoms with E-state index >= 15 is 0 Å². The Bertz CT molecular complexity index is 213. The number of nitrogens with one attached hydrogen (secondary N) is 2. The van der Waals surface area contributed by atoms with E-state index in [0.29, 0.717) is 25.2 Å². The molecule has 86 valence electrons. The third-order valence-electron chi connectivity index (χ3n) is 2.44. The molecule has 4 nitrogen and oxygen atoms in total. The van der Waals surface area contributed by atoms with Crippen LogP contribution in [0.5, 0.6) is 0 Å². The number of hydrogen-bond donors (Lipinski definition) is 2. The van der Waals surface area contributed by atoms with E-state index in [0.717, 1.165) is 19.4 Å². The molecule has 0 aliphatic heterocycles. The maximum Gasteiger partial charge on any atom is 0.234 e. The molecular weight excluding hydrogens is 192 g/mol. The lowest BCUT2D eigenvalue weighted by atomic mass is 9.89. The largest absolute Gasteiger partial charge is 0.378 e. The summed E-state index contributed by atoms with van der Waals surface area (Å²) in [5.74, 6) is 0.0526. The van der Waals surface area contributed by atoms with Gasteiger partial charge in [0.1, 0.15) is 0 Å². The Morgan fingerprint density at radius 2 is 2.33 bits per heavy atom. The summed E-state index contributed by atoms with van der Waals surface area (Å²) in [5, 5.41) is 5.91. The van der Waals surface area contributed by atoms with Crippen LogP contribution in [0, 0.1) is 0 Å². The summed E-state index contributed by atoms with van der Waals surface area (Å²) in [4.78, 5) is 11.3. The standard InChI is InChI=1S/C11H20N2O2/c1-3-5-12-8-11(14)13-9-6-10(7-9)15-4-2/h3,9-10,12H,1,4-8H2,2H3,(H,13,14). The Hall–Kier alpha value is -0.870. The van der Waals surface area contributed by atoms with Gasteiger partial charge in [0.05, 0.1) is 12.6 Å². The van der Waals surface area contributed by atoms with E-state index in [1.807, 2.05) is 6.92 Å². The second-order valence-electron chi connectivity index (χ2n) is 3.73. The lowest BCUT2D eigenvalue weighted by Gasteiger charge is -2.35. The Morgan fingerprint density at radius 3 is 2.93 bits per heavy atom. The average molecular weight is 212 g/mol. The van der Waals surface area contributed by atoms with Gasteiger partial charge in [0, 0.05) is 19.2 Å². The van der Waals surface area contributed by atoms with Crippen LogP contribution in [0.4, 0.5) is 0 Å². The molecule has 0 atom stereocenters. The molecule has 0 aromatic rings. The summed E-state index contributed by atoms with van der Waals surface area (Å²) in [7, 11) is 0. The van der Waals surface area contributed by atoms with Crippen molar-refractivity contribution >= 4 is 5.91 Å². The lowest BCUT2D eigenvalue weighted by Crippen LogP contribution is -2.49. The fourth-order valence-corrected chi connectivity index (χ4v) is 1.62. The number of hydrogen-bond acceptors (Lipinski definition) is 3. The van der Waals surface area contributed by atoms with Gasteiger partial charge in [0.2, 0.25) is 5.91 Å². The second kappa shape index (κ2) is 6.58. The molecule has 1 amide bonds. The number of carbonyl (C=O) groups is 1. The molecular formula is C11H20N2O2. The van der Waals surface area contributed by atoms with E-state index in [9.17, 15) is 4.79 Å². The molecule has 0 aromatic carbocycles. The van der Waals surface area contributed by atoms with Gasteiger partial charge in [-0.3, -0.25) is 4.79 Å². The Morgan fingerprint density at radius 1 is 1.60 bits per heavy atom. The minimum absolute atomic E-state index is 0.0526. The van der Waals surface area contributed by atoms with E-state index in [-0.39, 0.29) is 5.91 Å². The molecule has 2 N–H and O–H groups in total. The van der Waals surface area contributed by atoms with Crippen molar-refractivity contribution in [1.29, 1.82) is 0 Å². The molecule has 0 radical (unpaired) electrons. The highest BCUT2D eigenvalue weighted by molar-refractivity contribution is 5.78. The van der Waals surface area contributed by atoms with Gasteiger partial charge in [-0.05, 0) is 19.8 Å². The minimum atomic E-state index is 0.0526. The number of ether oxygens (including phenoxy) is 1. The van der Waals surface area contributed by atoms with Crippen LogP contribution in [0.25, 0.3) is 0 Å². The van der Waals surface area contributed by atoms with Crippen molar-refractivity contribution in [3.05, 3.63) is 12.7 Å². The number of rotatable bonds is 7. The monoisotopic (exact) mass is 212 g/mol. The van der Waals surface area contributed by atoms with Crippen LogP contribution >= 0.6 is 0 Å². The van der Waals surface area contributed by atoms with Crippen LogP contribution in [-0.2, 0) is 9.53 Å². The summed E-state index contributed by atoms with van der Waals surface area (Å²) in [6.45, 7) is 7.34. The quantitative estimate of drug-likeness (QED) is 0.476. The van der Waals surface area contributed by atoms with Crippen molar-refractivity contribution in [2.75, 3.05) is 19.7 Å². The highest BCUT2D eigenvalue weighted by atomic mass is 16.5. The first-order valence-electron chi connectivity index (χ1n) is 5.48. The van der Waals surface area contributed by atoms with Gasteiger partial charge in [0.15, 0.2) is 0 Å². The van der Waals surface area contributed by atoms with E-state index < -0.39 is 0 Å². The number of carbonyl (C=O) groups excluding carboxylic acids is 1. The molecule has 0 heterocycles. The molecule has 0 saturated heterocycles. The van der Waals surface area contributed by atoms with Crippen molar-refractivity contribution in [2.24, 2.45) is 0 Å². The van der Waals surface area contributed by atoms with Gasteiger partial charge in [-0.2, -0.15) is 0 Å². The SMILES string of the molecule is C=CCNCC(=O)NC1CC(OCC)C1. The van der Waals surface area contributed by atoms with Crippen LogP contribution in [-0.4, -0.2) is 37.7 Å². The van der Waals surface area contributed by atoms with Gasteiger partial charge in [-0.1, -0.05) is 6.08 Å². The minimum Gasteiger partial charge on any atom is -0.378 e. The lowest BCUT2D eigenvalue weighted by molar-refractivity contribution is -0.122. The Labute approximate surface area is 91.1 Å². The summed E-state index contributed by atoms with van der Waals surface area (Å²) in [6.07, 6.45) is 3.98. The molecule has 1 rings (SSSR count). The zero-order chi connectivity index (χ0) is 11.1. The van der Waals surface area contributed by atoms with Crippen molar-refractivity contribution in [3.8, 4) is 0 Å². The van der Waals surface area contributed by atoms with Crippen molar-refractivity contribution in [3.63, 3.8) is 0 Å². The predicted octanol–water partition coefficient (Wildman–Crippen LogP) is 0.446. The first kappa shape index (κ1) is 12.2. The summed E-state index contributed by atoms with van der Waals surface area (Å²) in [5.41, 5.74) is 0. The van der Waals surface area contributed by atoms with E-state index in [4.69, 9.17) is 4.74 Å².